The number of benzene rings is 2. The molecule has 0 saturated heterocycles. The molecule has 0 aromatic heterocycles. The molecule has 2 aromatic rings. The summed E-state index contributed by atoms with van der Waals surface area (Å²) in [4.78, 5) is 22.9. The maximum atomic E-state index is 13.4. The number of hydrazine groups is 1. The second-order valence-corrected chi connectivity index (χ2v) is 6.64. The van der Waals surface area contributed by atoms with Crippen LogP contribution < -0.4 is 10.9 Å². The maximum Gasteiger partial charge on any atom is 0.341 e. The number of rotatable bonds is 4. The molecule has 2 aromatic carbocycles. The first-order chi connectivity index (χ1) is 11.7. The lowest BCUT2D eigenvalue weighted by Gasteiger charge is -2.08. The van der Waals surface area contributed by atoms with Crippen LogP contribution in [0.1, 0.15) is 20.7 Å². The minimum atomic E-state index is -4.76. The van der Waals surface area contributed by atoms with Crippen LogP contribution >= 0.6 is 0 Å². The molecule has 0 aliphatic carbocycles. The fraction of sp³-hybridized carbons (Fsp3) is 0.0667. The number of amides is 2. The Bertz CT molecular complexity index is 899. The van der Waals surface area contributed by atoms with Crippen molar-refractivity contribution in [2.24, 2.45) is 0 Å². The summed E-state index contributed by atoms with van der Waals surface area (Å²) in [5.74, 6) is -6.10. The number of carbonyl (C=O) groups is 2. The van der Waals surface area contributed by atoms with Crippen LogP contribution in [0.25, 0.3) is 0 Å². The first-order valence-corrected chi connectivity index (χ1v) is 8.25. The van der Waals surface area contributed by atoms with Crippen molar-refractivity contribution in [3.63, 3.8) is 0 Å². The molecule has 2 rings (SSSR count). The van der Waals surface area contributed by atoms with Crippen molar-refractivity contribution < 1.29 is 31.2 Å². The Balaban J connectivity index is 2.05. The minimum absolute atomic E-state index is 0.0953. The average Bonchev–Trinajstić information content (AvgIpc) is 2.59. The first-order valence-electron chi connectivity index (χ1n) is 6.71. The molecule has 0 aliphatic heterocycles. The van der Waals surface area contributed by atoms with Crippen LogP contribution in [0.4, 0.5) is 13.2 Å². The van der Waals surface area contributed by atoms with Gasteiger partial charge in [-0.25, -0.2) is 12.8 Å². The Labute approximate surface area is 140 Å². The van der Waals surface area contributed by atoms with Crippen LogP contribution in [0.5, 0.6) is 0 Å². The van der Waals surface area contributed by atoms with Crippen molar-refractivity contribution in [2.45, 2.75) is 10.7 Å². The van der Waals surface area contributed by atoms with Gasteiger partial charge in [0.25, 0.3) is 11.8 Å². The summed E-state index contributed by atoms with van der Waals surface area (Å²) in [5.41, 5.74) is 3.60. The van der Waals surface area contributed by atoms with Crippen molar-refractivity contribution in [3.05, 3.63) is 65.5 Å². The molecule has 132 valence electrons. The van der Waals surface area contributed by atoms with Crippen molar-refractivity contribution >= 4 is 21.7 Å². The first kappa shape index (κ1) is 18.5. The van der Waals surface area contributed by atoms with Gasteiger partial charge in [-0.15, -0.1) is 0 Å². The van der Waals surface area contributed by atoms with Crippen LogP contribution in [-0.4, -0.2) is 26.0 Å². The lowest BCUT2D eigenvalue weighted by atomic mass is 10.2. The molecule has 0 saturated carbocycles. The van der Waals surface area contributed by atoms with E-state index in [2.05, 4.69) is 0 Å². The number of sulfone groups is 1. The van der Waals surface area contributed by atoms with Crippen molar-refractivity contribution in [1.29, 1.82) is 0 Å². The number of alkyl halides is 2. The second kappa shape index (κ2) is 7.34. The zero-order valence-corrected chi connectivity index (χ0v) is 13.2. The Morgan fingerprint density at radius 1 is 0.880 bits per heavy atom. The van der Waals surface area contributed by atoms with Gasteiger partial charge >= 0.3 is 5.76 Å². The lowest BCUT2D eigenvalue weighted by molar-refractivity contribution is 0.0844. The van der Waals surface area contributed by atoms with Gasteiger partial charge < -0.3 is 0 Å². The van der Waals surface area contributed by atoms with Gasteiger partial charge in [0.05, 0.1) is 10.5 Å². The summed E-state index contributed by atoms with van der Waals surface area (Å²) in [5, 5.41) is 0. The van der Waals surface area contributed by atoms with Crippen LogP contribution in [0.2, 0.25) is 0 Å². The average molecular weight is 372 g/mol. The minimum Gasteiger partial charge on any atom is -0.267 e. The molecule has 25 heavy (non-hydrogen) atoms. The van der Waals surface area contributed by atoms with E-state index in [-0.39, 0.29) is 11.1 Å². The van der Waals surface area contributed by atoms with Gasteiger partial charge in [-0.05, 0) is 36.4 Å². The Morgan fingerprint density at radius 3 is 2.00 bits per heavy atom. The van der Waals surface area contributed by atoms with E-state index in [1.165, 1.54) is 18.2 Å². The third kappa shape index (κ3) is 4.15. The molecule has 0 heterocycles. The number of halogens is 3. The maximum absolute atomic E-state index is 13.4. The summed E-state index contributed by atoms with van der Waals surface area (Å²) in [6.07, 6.45) is 0. The largest absolute Gasteiger partial charge is 0.341 e. The zero-order chi connectivity index (χ0) is 18.6. The number of hydrogen-bond donors (Lipinski definition) is 2. The quantitative estimate of drug-likeness (QED) is 0.802. The molecule has 0 spiro atoms. The van der Waals surface area contributed by atoms with E-state index >= 15 is 0 Å². The molecule has 0 bridgehead atoms. The van der Waals surface area contributed by atoms with E-state index in [1.807, 2.05) is 10.9 Å². The van der Waals surface area contributed by atoms with E-state index in [0.29, 0.717) is 0 Å². The zero-order valence-electron chi connectivity index (χ0n) is 12.4. The molecule has 0 aliphatic rings. The molecular formula is C15H11F3N2O4S. The number of carbonyl (C=O) groups excluding carboxylic acids is 2. The summed E-state index contributed by atoms with van der Waals surface area (Å²) in [6, 6.07) is 8.78. The summed E-state index contributed by atoms with van der Waals surface area (Å²) < 4.78 is 60.8. The second-order valence-electron chi connectivity index (χ2n) is 4.72. The summed E-state index contributed by atoms with van der Waals surface area (Å²) >= 11 is 0. The van der Waals surface area contributed by atoms with Gasteiger partial charge in [0.15, 0.2) is 0 Å². The van der Waals surface area contributed by atoms with Gasteiger partial charge in [0, 0.05) is 5.56 Å². The van der Waals surface area contributed by atoms with E-state index in [1.54, 1.807) is 0 Å². The van der Waals surface area contributed by atoms with E-state index in [9.17, 15) is 31.2 Å². The smallest absolute Gasteiger partial charge is 0.267 e. The molecule has 0 fully saturated rings. The van der Waals surface area contributed by atoms with Gasteiger partial charge in [-0.2, -0.15) is 8.78 Å². The molecule has 10 heteroatoms. The van der Waals surface area contributed by atoms with Crippen molar-refractivity contribution in [2.75, 3.05) is 0 Å². The van der Waals surface area contributed by atoms with Gasteiger partial charge in [0.2, 0.25) is 9.84 Å². The van der Waals surface area contributed by atoms with Crippen molar-refractivity contribution in [1.82, 2.24) is 10.9 Å². The Kier molecular flexibility index (Phi) is 5.42. The van der Waals surface area contributed by atoms with E-state index in [4.69, 9.17) is 0 Å². The predicted octanol–water partition coefficient (Wildman–Crippen LogP) is 1.90. The molecule has 6 nitrogen and oxygen atoms in total. The fourth-order valence-electron chi connectivity index (χ4n) is 1.80. The summed E-state index contributed by atoms with van der Waals surface area (Å²) in [7, 11) is -4.76. The normalized spacial score (nSPS) is 11.2. The highest BCUT2D eigenvalue weighted by Crippen LogP contribution is 2.18. The van der Waals surface area contributed by atoms with E-state index < -0.39 is 38.1 Å². The standard InChI is InChI=1S/C15H11F3N2O4S/c16-12-4-2-1-3-11(12)14(22)20-19-13(21)9-5-7-10(8-6-9)25(23,24)15(17)18/h1-8,15H,(H,19,21)(H,20,22). The Morgan fingerprint density at radius 2 is 1.44 bits per heavy atom. The SMILES string of the molecule is O=C(NNC(=O)c1ccccc1F)c1ccc(S(=O)(=O)C(F)F)cc1. The molecular weight excluding hydrogens is 361 g/mol. The highest BCUT2D eigenvalue weighted by Gasteiger charge is 2.26. The third-order valence-electron chi connectivity index (χ3n) is 3.09. The third-order valence-corrected chi connectivity index (χ3v) is 4.49. The van der Waals surface area contributed by atoms with Crippen LogP contribution in [0, 0.1) is 5.82 Å². The van der Waals surface area contributed by atoms with Crippen molar-refractivity contribution in [3.8, 4) is 0 Å². The molecule has 0 radical (unpaired) electrons. The topological polar surface area (TPSA) is 92.3 Å². The lowest BCUT2D eigenvalue weighted by Crippen LogP contribution is -2.41. The molecule has 2 amide bonds. The van der Waals surface area contributed by atoms with Crippen LogP contribution in [0.15, 0.2) is 53.4 Å². The van der Waals surface area contributed by atoms with Gasteiger partial charge in [-0.3, -0.25) is 20.4 Å². The molecule has 0 atom stereocenters. The highest BCUT2D eigenvalue weighted by molar-refractivity contribution is 7.91. The highest BCUT2D eigenvalue weighted by atomic mass is 32.2. The monoisotopic (exact) mass is 372 g/mol. The molecule has 0 unspecified atom stereocenters. The fourth-order valence-corrected chi connectivity index (χ4v) is 2.52. The Hall–Kier alpha value is -2.88. The van der Waals surface area contributed by atoms with E-state index in [0.717, 1.165) is 30.3 Å². The number of nitrogens with one attached hydrogen (secondary N) is 2. The summed E-state index contributed by atoms with van der Waals surface area (Å²) in [6.45, 7) is 0. The van der Waals surface area contributed by atoms with Crippen LogP contribution in [-0.2, 0) is 9.84 Å². The number of hydrogen-bond acceptors (Lipinski definition) is 4. The van der Waals surface area contributed by atoms with Gasteiger partial charge in [-0.1, -0.05) is 12.1 Å². The predicted molar refractivity (Wildman–Crippen MR) is 81.0 cm³/mol. The van der Waals surface area contributed by atoms with Crippen LogP contribution in [0.3, 0.4) is 0 Å². The molecule has 2 N–H and O–H groups in total. The van der Waals surface area contributed by atoms with Gasteiger partial charge in [0.1, 0.15) is 5.82 Å².